The van der Waals surface area contributed by atoms with E-state index in [1.807, 2.05) is 7.05 Å². The number of benzene rings is 1. The number of Topliss-reactive ketones (excluding diaryl/α,β-unsaturated/α-hetero) is 1. The third kappa shape index (κ3) is 2.23. The molecule has 2 heteroatoms. The number of ketones is 1. The molecule has 1 N–H and O–H groups in total. The third-order valence-electron chi connectivity index (χ3n) is 4.90. The van der Waals surface area contributed by atoms with Crippen LogP contribution < -0.4 is 5.32 Å². The Balaban J connectivity index is 2.50. The van der Waals surface area contributed by atoms with E-state index in [1.165, 1.54) is 17.5 Å². The molecule has 1 saturated carbocycles. The molecule has 2 nitrogen and oxygen atoms in total. The van der Waals surface area contributed by atoms with Gasteiger partial charge in [0, 0.05) is 17.5 Å². The summed E-state index contributed by atoms with van der Waals surface area (Å²) >= 11 is 0. The summed E-state index contributed by atoms with van der Waals surface area (Å²) in [7, 11) is 1.94. The molecular formula is C17H25NO. The molecule has 0 saturated heterocycles. The summed E-state index contributed by atoms with van der Waals surface area (Å²) < 4.78 is 0. The van der Waals surface area contributed by atoms with Crippen LogP contribution in [0.4, 0.5) is 0 Å². The van der Waals surface area contributed by atoms with E-state index in [0.29, 0.717) is 5.78 Å². The zero-order chi connectivity index (χ0) is 14.2. The summed E-state index contributed by atoms with van der Waals surface area (Å²) in [4.78, 5) is 13.0. The summed E-state index contributed by atoms with van der Waals surface area (Å²) in [6, 6.07) is 2.19. The van der Waals surface area contributed by atoms with Gasteiger partial charge in [0.1, 0.15) is 0 Å². The maximum Gasteiger partial charge on any atom is 0.170 e. The Labute approximate surface area is 116 Å². The first-order valence-corrected chi connectivity index (χ1v) is 7.20. The highest BCUT2D eigenvalue weighted by Crippen LogP contribution is 2.44. The molecule has 0 spiro atoms. The van der Waals surface area contributed by atoms with Gasteiger partial charge in [0.2, 0.25) is 0 Å². The lowest BCUT2D eigenvalue weighted by Crippen LogP contribution is -2.46. The fraction of sp³-hybridized carbons (Fsp3) is 0.588. The number of hydrogen-bond donors (Lipinski definition) is 1. The molecule has 1 fully saturated rings. The number of hydrogen-bond acceptors (Lipinski definition) is 2. The van der Waals surface area contributed by atoms with Crippen molar-refractivity contribution in [3.63, 3.8) is 0 Å². The van der Waals surface area contributed by atoms with Crippen molar-refractivity contribution >= 4 is 5.78 Å². The highest BCUT2D eigenvalue weighted by Gasteiger charge is 2.44. The van der Waals surface area contributed by atoms with Crippen LogP contribution >= 0.6 is 0 Å². The quantitative estimate of drug-likeness (QED) is 0.839. The fourth-order valence-corrected chi connectivity index (χ4v) is 3.25. The van der Waals surface area contributed by atoms with Gasteiger partial charge in [-0.3, -0.25) is 4.79 Å². The molecule has 0 aromatic heterocycles. The van der Waals surface area contributed by atoms with E-state index in [9.17, 15) is 4.79 Å². The predicted octanol–water partition coefficient (Wildman–Crippen LogP) is 3.49. The standard InChI is InChI=1S/C17H25NO/c1-11-9-12(2)14(4)15(13(11)3)16(19)17(10-18-5)7-6-8-17/h9,18H,6-8,10H2,1-5H3. The zero-order valence-corrected chi connectivity index (χ0v) is 12.8. The lowest BCUT2D eigenvalue weighted by atomic mass is 9.63. The summed E-state index contributed by atoms with van der Waals surface area (Å²) in [5, 5.41) is 3.21. The Morgan fingerprint density at radius 1 is 1.16 bits per heavy atom. The lowest BCUT2D eigenvalue weighted by molar-refractivity contribution is 0.0613. The number of aryl methyl sites for hydroxylation is 2. The predicted molar refractivity (Wildman–Crippen MR) is 79.9 cm³/mol. The average molecular weight is 259 g/mol. The Morgan fingerprint density at radius 2 is 1.68 bits per heavy atom. The summed E-state index contributed by atoms with van der Waals surface area (Å²) in [6.45, 7) is 9.17. The molecule has 19 heavy (non-hydrogen) atoms. The molecule has 0 amide bonds. The number of carbonyl (C=O) groups is 1. The first kappa shape index (κ1) is 14.3. The van der Waals surface area contributed by atoms with Crippen molar-refractivity contribution in [3.8, 4) is 0 Å². The van der Waals surface area contributed by atoms with Crippen LogP contribution in [-0.2, 0) is 0 Å². The van der Waals surface area contributed by atoms with E-state index < -0.39 is 0 Å². The molecule has 1 aromatic rings. The first-order chi connectivity index (χ1) is 8.93. The third-order valence-corrected chi connectivity index (χ3v) is 4.90. The second-order valence-corrected chi connectivity index (χ2v) is 6.13. The van der Waals surface area contributed by atoms with Crippen molar-refractivity contribution < 1.29 is 4.79 Å². The van der Waals surface area contributed by atoms with Gasteiger partial charge < -0.3 is 5.32 Å². The average Bonchev–Trinajstić information content (AvgIpc) is 2.31. The first-order valence-electron chi connectivity index (χ1n) is 7.20. The van der Waals surface area contributed by atoms with Crippen LogP contribution in [0.5, 0.6) is 0 Å². The zero-order valence-electron chi connectivity index (χ0n) is 12.8. The van der Waals surface area contributed by atoms with Gasteiger partial charge in [-0.25, -0.2) is 0 Å². The second-order valence-electron chi connectivity index (χ2n) is 6.13. The van der Waals surface area contributed by atoms with Crippen LogP contribution in [0.15, 0.2) is 6.07 Å². The van der Waals surface area contributed by atoms with Crippen molar-refractivity contribution in [3.05, 3.63) is 33.9 Å². The van der Waals surface area contributed by atoms with Gasteiger partial charge in [-0.2, -0.15) is 0 Å². The molecule has 0 radical (unpaired) electrons. The van der Waals surface area contributed by atoms with E-state index in [0.717, 1.165) is 36.1 Å². The van der Waals surface area contributed by atoms with Gasteiger partial charge in [-0.1, -0.05) is 12.5 Å². The van der Waals surface area contributed by atoms with Gasteiger partial charge >= 0.3 is 0 Å². The normalized spacial score (nSPS) is 17.1. The topological polar surface area (TPSA) is 29.1 Å². The van der Waals surface area contributed by atoms with Crippen molar-refractivity contribution in [1.82, 2.24) is 5.32 Å². The minimum Gasteiger partial charge on any atom is -0.319 e. The molecule has 104 valence electrons. The molecule has 1 aliphatic rings. The number of rotatable bonds is 4. The molecule has 0 unspecified atom stereocenters. The maximum absolute atomic E-state index is 13.0. The maximum atomic E-state index is 13.0. The molecular weight excluding hydrogens is 234 g/mol. The molecule has 0 atom stereocenters. The molecule has 0 bridgehead atoms. The smallest absolute Gasteiger partial charge is 0.170 e. The summed E-state index contributed by atoms with van der Waals surface area (Å²) in [5.41, 5.74) is 5.61. The number of carbonyl (C=O) groups excluding carboxylic acids is 1. The summed E-state index contributed by atoms with van der Waals surface area (Å²) in [6.07, 6.45) is 3.23. The van der Waals surface area contributed by atoms with E-state index in [2.05, 4.69) is 39.1 Å². The van der Waals surface area contributed by atoms with Crippen LogP contribution in [0, 0.1) is 33.1 Å². The Kier molecular flexibility index (Phi) is 3.82. The van der Waals surface area contributed by atoms with E-state index in [4.69, 9.17) is 0 Å². The highest BCUT2D eigenvalue weighted by atomic mass is 16.1. The molecule has 0 heterocycles. The van der Waals surface area contributed by atoms with Crippen molar-refractivity contribution in [2.45, 2.75) is 47.0 Å². The van der Waals surface area contributed by atoms with Crippen molar-refractivity contribution in [2.75, 3.05) is 13.6 Å². The SMILES string of the molecule is CNCC1(C(=O)c2c(C)c(C)cc(C)c2C)CCC1. The van der Waals surface area contributed by atoms with Gasteiger partial charge in [0.15, 0.2) is 5.78 Å². The van der Waals surface area contributed by atoms with Crippen molar-refractivity contribution in [1.29, 1.82) is 0 Å². The van der Waals surface area contributed by atoms with Crippen molar-refractivity contribution in [2.24, 2.45) is 5.41 Å². The Bertz CT molecular complexity index is 486. The highest BCUT2D eigenvalue weighted by molar-refractivity contribution is 6.04. The molecule has 2 rings (SSSR count). The molecule has 0 aliphatic heterocycles. The Hall–Kier alpha value is -1.15. The van der Waals surface area contributed by atoms with E-state index >= 15 is 0 Å². The number of nitrogens with one attached hydrogen (secondary N) is 1. The summed E-state index contributed by atoms with van der Waals surface area (Å²) in [5.74, 6) is 0.356. The van der Waals surface area contributed by atoms with Gasteiger partial charge in [-0.15, -0.1) is 0 Å². The van der Waals surface area contributed by atoms with E-state index in [-0.39, 0.29) is 5.41 Å². The minimum absolute atomic E-state index is 0.148. The van der Waals surface area contributed by atoms with Crippen LogP contribution in [0.2, 0.25) is 0 Å². The van der Waals surface area contributed by atoms with Crippen LogP contribution in [0.3, 0.4) is 0 Å². The fourth-order valence-electron chi connectivity index (χ4n) is 3.25. The Morgan fingerprint density at radius 3 is 2.05 bits per heavy atom. The van der Waals surface area contributed by atoms with Gasteiger partial charge in [0.05, 0.1) is 0 Å². The van der Waals surface area contributed by atoms with Crippen LogP contribution in [-0.4, -0.2) is 19.4 Å². The monoisotopic (exact) mass is 259 g/mol. The van der Waals surface area contributed by atoms with Gasteiger partial charge in [-0.05, 0) is 69.8 Å². The van der Waals surface area contributed by atoms with Crippen LogP contribution in [0.1, 0.15) is 51.9 Å². The minimum atomic E-state index is -0.148. The molecule has 1 aliphatic carbocycles. The largest absolute Gasteiger partial charge is 0.319 e. The molecule has 1 aromatic carbocycles. The van der Waals surface area contributed by atoms with E-state index in [1.54, 1.807) is 0 Å². The van der Waals surface area contributed by atoms with Gasteiger partial charge in [0.25, 0.3) is 0 Å². The lowest BCUT2D eigenvalue weighted by Gasteiger charge is -2.41. The van der Waals surface area contributed by atoms with Crippen LogP contribution in [0.25, 0.3) is 0 Å². The second kappa shape index (κ2) is 5.09.